The van der Waals surface area contributed by atoms with Crippen LogP contribution in [0.1, 0.15) is 18.3 Å². The Labute approximate surface area is 83.8 Å². The van der Waals surface area contributed by atoms with Gasteiger partial charge in [-0.05, 0) is 19.9 Å². The van der Waals surface area contributed by atoms with E-state index in [-0.39, 0.29) is 6.61 Å². The van der Waals surface area contributed by atoms with Crippen molar-refractivity contribution in [3.8, 4) is 0 Å². The summed E-state index contributed by atoms with van der Waals surface area (Å²) in [6.45, 7) is 4.55. The van der Waals surface area contributed by atoms with Crippen molar-refractivity contribution in [3.05, 3.63) is 17.5 Å². The number of aryl methyl sites for hydroxylation is 2. The Morgan fingerprint density at radius 2 is 2.21 bits per heavy atom. The normalized spacial score (nSPS) is 11.9. The first-order valence-electron chi connectivity index (χ1n) is 4.30. The minimum atomic E-state index is -3.38. The predicted octanol–water partition coefficient (Wildman–Crippen LogP) is 0.688. The standard InChI is InChI=1S/C8H14N2O3S/c1-4-10-8(5-7(2)9-10)6-13-14(3,11)12/h5H,4,6H2,1-3H3. The van der Waals surface area contributed by atoms with Crippen LogP contribution in [0.3, 0.4) is 0 Å². The van der Waals surface area contributed by atoms with Gasteiger partial charge in [-0.1, -0.05) is 0 Å². The van der Waals surface area contributed by atoms with Crippen LogP contribution in [-0.4, -0.2) is 24.5 Å². The average molecular weight is 218 g/mol. The van der Waals surface area contributed by atoms with Crippen molar-refractivity contribution in [1.82, 2.24) is 9.78 Å². The van der Waals surface area contributed by atoms with Crippen LogP contribution < -0.4 is 0 Å². The highest BCUT2D eigenvalue weighted by Gasteiger charge is 2.07. The third-order valence-corrected chi connectivity index (χ3v) is 2.25. The van der Waals surface area contributed by atoms with Crippen LogP contribution in [0.4, 0.5) is 0 Å². The molecule has 1 aromatic rings. The lowest BCUT2D eigenvalue weighted by Gasteiger charge is -2.03. The lowest BCUT2D eigenvalue weighted by molar-refractivity contribution is 0.299. The Morgan fingerprint density at radius 1 is 1.57 bits per heavy atom. The summed E-state index contributed by atoms with van der Waals surface area (Å²) in [6.07, 6.45) is 1.03. The molecule has 0 aromatic carbocycles. The highest BCUT2D eigenvalue weighted by Crippen LogP contribution is 2.06. The third-order valence-electron chi connectivity index (χ3n) is 1.71. The molecule has 6 heteroatoms. The molecule has 0 radical (unpaired) electrons. The highest BCUT2D eigenvalue weighted by atomic mass is 32.2. The van der Waals surface area contributed by atoms with Crippen molar-refractivity contribution in [3.63, 3.8) is 0 Å². The second-order valence-electron chi connectivity index (χ2n) is 3.06. The Balaban J connectivity index is 2.76. The van der Waals surface area contributed by atoms with Crippen LogP contribution in [0, 0.1) is 6.92 Å². The van der Waals surface area contributed by atoms with E-state index in [1.54, 1.807) is 4.68 Å². The molecule has 0 spiro atoms. The van der Waals surface area contributed by atoms with Crippen LogP contribution in [0.25, 0.3) is 0 Å². The molecule has 0 bridgehead atoms. The maximum Gasteiger partial charge on any atom is 0.264 e. The van der Waals surface area contributed by atoms with Crippen molar-refractivity contribution in [2.45, 2.75) is 27.0 Å². The summed E-state index contributed by atoms with van der Waals surface area (Å²) in [7, 11) is -3.38. The zero-order valence-electron chi connectivity index (χ0n) is 8.52. The van der Waals surface area contributed by atoms with Crippen LogP contribution in [0.5, 0.6) is 0 Å². The molecule has 0 unspecified atom stereocenters. The molecule has 5 nitrogen and oxygen atoms in total. The van der Waals surface area contributed by atoms with Gasteiger partial charge in [-0.3, -0.25) is 8.86 Å². The smallest absolute Gasteiger partial charge is 0.264 e. The molecule has 80 valence electrons. The summed E-state index contributed by atoms with van der Waals surface area (Å²) < 4.78 is 27.9. The van der Waals surface area contributed by atoms with Crippen molar-refractivity contribution in [2.24, 2.45) is 0 Å². The topological polar surface area (TPSA) is 61.2 Å². The summed E-state index contributed by atoms with van der Waals surface area (Å²) in [6, 6.07) is 1.81. The quantitative estimate of drug-likeness (QED) is 0.697. The van der Waals surface area contributed by atoms with Crippen molar-refractivity contribution >= 4 is 10.1 Å². The van der Waals surface area contributed by atoms with Crippen molar-refractivity contribution in [2.75, 3.05) is 6.26 Å². The summed E-state index contributed by atoms with van der Waals surface area (Å²) in [4.78, 5) is 0. The summed E-state index contributed by atoms with van der Waals surface area (Å²) >= 11 is 0. The van der Waals surface area contributed by atoms with Gasteiger partial charge in [-0.2, -0.15) is 13.5 Å². The van der Waals surface area contributed by atoms with Gasteiger partial charge in [0.25, 0.3) is 10.1 Å². The van der Waals surface area contributed by atoms with Gasteiger partial charge in [-0.25, -0.2) is 0 Å². The number of rotatable bonds is 4. The molecular weight excluding hydrogens is 204 g/mol. The van der Waals surface area contributed by atoms with E-state index in [1.165, 1.54) is 0 Å². The van der Waals surface area contributed by atoms with E-state index >= 15 is 0 Å². The van der Waals surface area contributed by atoms with Crippen molar-refractivity contribution in [1.29, 1.82) is 0 Å². The molecule has 0 amide bonds. The second kappa shape index (κ2) is 4.10. The molecular formula is C8H14N2O3S. The van der Waals surface area contributed by atoms with Crippen LogP contribution >= 0.6 is 0 Å². The SMILES string of the molecule is CCn1nc(C)cc1COS(C)(=O)=O. The number of aromatic nitrogens is 2. The molecule has 0 atom stereocenters. The molecule has 0 aliphatic carbocycles. The van der Waals surface area contributed by atoms with E-state index < -0.39 is 10.1 Å². The molecule has 0 fully saturated rings. The van der Waals surface area contributed by atoms with Gasteiger partial charge in [-0.15, -0.1) is 0 Å². The second-order valence-corrected chi connectivity index (χ2v) is 4.70. The minimum Gasteiger partial charge on any atom is -0.267 e. The predicted molar refractivity (Wildman–Crippen MR) is 52.3 cm³/mol. The first-order chi connectivity index (χ1) is 6.42. The first kappa shape index (κ1) is 11.2. The zero-order valence-corrected chi connectivity index (χ0v) is 9.34. The highest BCUT2D eigenvalue weighted by molar-refractivity contribution is 7.85. The summed E-state index contributed by atoms with van der Waals surface area (Å²) in [5.74, 6) is 0. The molecule has 0 saturated carbocycles. The molecule has 14 heavy (non-hydrogen) atoms. The zero-order chi connectivity index (χ0) is 10.8. The third kappa shape index (κ3) is 3.12. The lowest BCUT2D eigenvalue weighted by Crippen LogP contribution is -2.08. The molecule has 1 aromatic heterocycles. The van der Waals surface area contributed by atoms with Gasteiger partial charge in [0, 0.05) is 6.54 Å². The van der Waals surface area contributed by atoms with Crippen LogP contribution in [-0.2, 0) is 27.5 Å². The summed E-state index contributed by atoms with van der Waals surface area (Å²) in [5, 5.41) is 4.17. The Hall–Kier alpha value is -0.880. The molecule has 0 saturated heterocycles. The lowest BCUT2D eigenvalue weighted by atomic mass is 10.4. The fourth-order valence-electron chi connectivity index (χ4n) is 1.16. The van der Waals surface area contributed by atoms with E-state index in [2.05, 4.69) is 9.28 Å². The molecule has 0 N–H and O–H groups in total. The van der Waals surface area contributed by atoms with E-state index in [1.807, 2.05) is 19.9 Å². The maximum atomic E-state index is 10.8. The molecule has 0 aliphatic heterocycles. The Kier molecular flexibility index (Phi) is 3.28. The average Bonchev–Trinajstić information content (AvgIpc) is 2.41. The van der Waals surface area contributed by atoms with Gasteiger partial charge in [0.2, 0.25) is 0 Å². The maximum absolute atomic E-state index is 10.8. The number of hydrogen-bond acceptors (Lipinski definition) is 4. The fraction of sp³-hybridized carbons (Fsp3) is 0.625. The molecule has 1 heterocycles. The van der Waals surface area contributed by atoms with E-state index in [9.17, 15) is 8.42 Å². The molecule has 1 rings (SSSR count). The van der Waals surface area contributed by atoms with Gasteiger partial charge in [0.15, 0.2) is 0 Å². The largest absolute Gasteiger partial charge is 0.267 e. The van der Waals surface area contributed by atoms with E-state index in [0.717, 1.165) is 17.6 Å². The Bertz CT molecular complexity index is 408. The van der Waals surface area contributed by atoms with E-state index in [4.69, 9.17) is 0 Å². The summed E-state index contributed by atoms with van der Waals surface area (Å²) in [5.41, 5.74) is 1.63. The van der Waals surface area contributed by atoms with Crippen molar-refractivity contribution < 1.29 is 12.6 Å². The first-order valence-corrected chi connectivity index (χ1v) is 6.11. The van der Waals surface area contributed by atoms with Gasteiger partial charge >= 0.3 is 0 Å². The number of nitrogens with zero attached hydrogens (tertiary/aromatic N) is 2. The monoisotopic (exact) mass is 218 g/mol. The minimum absolute atomic E-state index is 0.0491. The van der Waals surface area contributed by atoms with Gasteiger partial charge < -0.3 is 0 Å². The molecule has 0 aliphatic rings. The van der Waals surface area contributed by atoms with Crippen LogP contribution in [0.15, 0.2) is 6.07 Å². The van der Waals surface area contributed by atoms with Gasteiger partial charge in [0.1, 0.15) is 6.61 Å². The van der Waals surface area contributed by atoms with Gasteiger partial charge in [0.05, 0.1) is 17.6 Å². The number of hydrogen-bond donors (Lipinski definition) is 0. The van der Waals surface area contributed by atoms with E-state index in [0.29, 0.717) is 6.54 Å². The fourth-order valence-corrected chi connectivity index (χ4v) is 1.49. The Morgan fingerprint density at radius 3 is 2.71 bits per heavy atom. The van der Waals surface area contributed by atoms with Crippen LogP contribution in [0.2, 0.25) is 0 Å².